The van der Waals surface area contributed by atoms with Gasteiger partial charge in [0.2, 0.25) is 0 Å². The van der Waals surface area contributed by atoms with E-state index in [1.807, 2.05) is 0 Å². The number of fused-ring (bicyclic) bond motifs is 1. The standard InChI is InChI=1S/C13H12O5/c1-8(14)7-17-11-9-5-3-4-6-10(9)18-12(11)13(15)16-2/h3-6H,7H2,1-2H3. The Bertz CT molecular complexity index is 596. The summed E-state index contributed by atoms with van der Waals surface area (Å²) in [7, 11) is 1.25. The van der Waals surface area contributed by atoms with Crippen LogP contribution in [0.1, 0.15) is 17.5 Å². The number of hydrogen-bond acceptors (Lipinski definition) is 5. The fourth-order valence-electron chi connectivity index (χ4n) is 1.57. The lowest BCUT2D eigenvalue weighted by molar-refractivity contribution is -0.118. The second kappa shape index (κ2) is 4.91. The van der Waals surface area contributed by atoms with Crippen LogP contribution in [0.15, 0.2) is 28.7 Å². The molecule has 0 saturated heterocycles. The number of methoxy groups -OCH3 is 1. The van der Waals surface area contributed by atoms with Crippen molar-refractivity contribution in [3.63, 3.8) is 0 Å². The molecule has 1 heterocycles. The summed E-state index contributed by atoms with van der Waals surface area (Å²) in [5.41, 5.74) is 0.511. The Labute approximate surface area is 103 Å². The Kier molecular flexibility index (Phi) is 3.32. The molecular weight excluding hydrogens is 236 g/mol. The minimum Gasteiger partial charge on any atom is -0.481 e. The molecule has 0 bridgehead atoms. The molecule has 2 aromatic rings. The number of rotatable bonds is 4. The molecule has 94 valence electrons. The Balaban J connectivity index is 2.50. The Hall–Kier alpha value is -2.30. The van der Waals surface area contributed by atoms with Crippen molar-refractivity contribution in [3.05, 3.63) is 30.0 Å². The number of esters is 1. The molecular formula is C13H12O5. The van der Waals surface area contributed by atoms with E-state index in [2.05, 4.69) is 4.74 Å². The molecule has 1 aromatic heterocycles. The van der Waals surface area contributed by atoms with Crippen LogP contribution in [0.4, 0.5) is 0 Å². The predicted octanol–water partition coefficient (Wildman–Crippen LogP) is 2.19. The van der Waals surface area contributed by atoms with Gasteiger partial charge in [-0.2, -0.15) is 0 Å². The molecule has 1 aromatic carbocycles. The van der Waals surface area contributed by atoms with Crippen molar-refractivity contribution in [2.24, 2.45) is 0 Å². The summed E-state index contributed by atoms with van der Waals surface area (Å²) in [6.07, 6.45) is 0. The molecule has 0 unspecified atom stereocenters. The summed E-state index contributed by atoms with van der Waals surface area (Å²) in [5.74, 6) is -0.562. The number of ether oxygens (including phenoxy) is 2. The van der Waals surface area contributed by atoms with Gasteiger partial charge in [0.1, 0.15) is 12.2 Å². The molecule has 0 aliphatic heterocycles. The molecule has 0 amide bonds. The molecule has 0 fully saturated rings. The highest BCUT2D eigenvalue weighted by atomic mass is 16.5. The first-order chi connectivity index (χ1) is 8.63. The fraction of sp³-hybridized carbons (Fsp3) is 0.231. The maximum absolute atomic E-state index is 11.6. The lowest BCUT2D eigenvalue weighted by Gasteiger charge is -2.03. The van der Waals surface area contributed by atoms with Gasteiger partial charge >= 0.3 is 5.97 Å². The summed E-state index contributed by atoms with van der Waals surface area (Å²) in [6, 6.07) is 7.03. The molecule has 5 nitrogen and oxygen atoms in total. The molecule has 0 N–H and O–H groups in total. The van der Waals surface area contributed by atoms with Gasteiger partial charge in [0.25, 0.3) is 5.76 Å². The van der Waals surface area contributed by atoms with E-state index in [-0.39, 0.29) is 23.9 Å². The minimum atomic E-state index is -0.634. The van der Waals surface area contributed by atoms with Crippen molar-refractivity contribution in [1.82, 2.24) is 0 Å². The van der Waals surface area contributed by atoms with Crippen molar-refractivity contribution in [3.8, 4) is 5.75 Å². The molecule has 0 aliphatic carbocycles. The van der Waals surface area contributed by atoms with Crippen molar-refractivity contribution in [2.45, 2.75) is 6.92 Å². The number of benzene rings is 1. The molecule has 0 aliphatic rings. The van der Waals surface area contributed by atoms with Gasteiger partial charge in [0.05, 0.1) is 12.5 Å². The van der Waals surface area contributed by atoms with Crippen molar-refractivity contribution in [1.29, 1.82) is 0 Å². The van der Waals surface area contributed by atoms with Crippen LogP contribution in [0.3, 0.4) is 0 Å². The highest BCUT2D eigenvalue weighted by Gasteiger charge is 2.22. The second-order valence-electron chi connectivity index (χ2n) is 3.74. The van der Waals surface area contributed by atoms with Gasteiger partial charge in [0.15, 0.2) is 11.5 Å². The Morgan fingerprint density at radius 3 is 2.67 bits per heavy atom. The SMILES string of the molecule is COC(=O)c1oc2ccccc2c1OCC(C)=O. The number of carbonyl (C=O) groups is 2. The predicted molar refractivity (Wildman–Crippen MR) is 63.7 cm³/mol. The zero-order chi connectivity index (χ0) is 13.1. The van der Waals surface area contributed by atoms with E-state index in [1.54, 1.807) is 24.3 Å². The summed E-state index contributed by atoms with van der Waals surface area (Å²) < 4.78 is 15.3. The summed E-state index contributed by atoms with van der Waals surface area (Å²) in [6.45, 7) is 1.29. The Morgan fingerprint density at radius 1 is 1.28 bits per heavy atom. The second-order valence-corrected chi connectivity index (χ2v) is 3.74. The van der Waals surface area contributed by atoms with E-state index < -0.39 is 5.97 Å². The maximum atomic E-state index is 11.6. The van der Waals surface area contributed by atoms with Gasteiger partial charge < -0.3 is 13.9 Å². The van der Waals surface area contributed by atoms with Crippen LogP contribution in [-0.4, -0.2) is 25.5 Å². The van der Waals surface area contributed by atoms with Crippen molar-refractivity contribution >= 4 is 22.7 Å². The van der Waals surface area contributed by atoms with Crippen LogP contribution in [0.5, 0.6) is 5.75 Å². The maximum Gasteiger partial charge on any atom is 0.377 e. The summed E-state index contributed by atoms with van der Waals surface area (Å²) in [4.78, 5) is 22.5. The van der Waals surface area contributed by atoms with E-state index in [0.717, 1.165) is 0 Å². The molecule has 0 radical (unpaired) electrons. The third-order valence-corrected chi connectivity index (χ3v) is 2.34. The van der Waals surface area contributed by atoms with Gasteiger partial charge in [-0.3, -0.25) is 4.79 Å². The average molecular weight is 248 g/mol. The van der Waals surface area contributed by atoms with Gasteiger partial charge in [0, 0.05) is 0 Å². The van der Waals surface area contributed by atoms with Gasteiger partial charge in [-0.25, -0.2) is 4.79 Å². The lowest BCUT2D eigenvalue weighted by atomic mass is 10.2. The average Bonchev–Trinajstić information content (AvgIpc) is 2.74. The van der Waals surface area contributed by atoms with E-state index in [0.29, 0.717) is 11.0 Å². The number of ketones is 1. The number of para-hydroxylation sites is 1. The van der Waals surface area contributed by atoms with Crippen LogP contribution in [-0.2, 0) is 9.53 Å². The summed E-state index contributed by atoms with van der Waals surface area (Å²) >= 11 is 0. The van der Waals surface area contributed by atoms with Crippen LogP contribution in [0.25, 0.3) is 11.0 Å². The first-order valence-electron chi connectivity index (χ1n) is 5.35. The lowest BCUT2D eigenvalue weighted by Crippen LogP contribution is -2.09. The molecule has 0 saturated carbocycles. The van der Waals surface area contributed by atoms with E-state index in [1.165, 1.54) is 14.0 Å². The van der Waals surface area contributed by atoms with Gasteiger partial charge in [-0.15, -0.1) is 0 Å². The molecule has 0 spiro atoms. The zero-order valence-electron chi connectivity index (χ0n) is 10.1. The largest absolute Gasteiger partial charge is 0.481 e. The number of carbonyl (C=O) groups excluding carboxylic acids is 2. The zero-order valence-corrected chi connectivity index (χ0v) is 10.1. The van der Waals surface area contributed by atoms with E-state index in [4.69, 9.17) is 9.15 Å². The first-order valence-corrected chi connectivity index (χ1v) is 5.35. The number of hydrogen-bond donors (Lipinski definition) is 0. The Morgan fingerprint density at radius 2 is 2.00 bits per heavy atom. The normalized spacial score (nSPS) is 10.3. The summed E-state index contributed by atoms with van der Waals surface area (Å²) in [5, 5.41) is 0.638. The monoisotopic (exact) mass is 248 g/mol. The van der Waals surface area contributed by atoms with E-state index >= 15 is 0 Å². The van der Waals surface area contributed by atoms with Crippen molar-refractivity contribution < 1.29 is 23.5 Å². The van der Waals surface area contributed by atoms with Gasteiger partial charge in [-0.05, 0) is 19.1 Å². The highest BCUT2D eigenvalue weighted by molar-refractivity contribution is 5.99. The van der Waals surface area contributed by atoms with Crippen LogP contribution in [0, 0.1) is 0 Å². The topological polar surface area (TPSA) is 65.7 Å². The van der Waals surface area contributed by atoms with Crippen LogP contribution >= 0.6 is 0 Å². The molecule has 5 heteroatoms. The van der Waals surface area contributed by atoms with Crippen LogP contribution in [0.2, 0.25) is 0 Å². The number of furan rings is 1. The third-order valence-electron chi connectivity index (χ3n) is 2.34. The van der Waals surface area contributed by atoms with Crippen LogP contribution < -0.4 is 4.74 Å². The quantitative estimate of drug-likeness (QED) is 0.776. The third kappa shape index (κ3) is 2.20. The van der Waals surface area contributed by atoms with Gasteiger partial charge in [-0.1, -0.05) is 12.1 Å². The molecule has 18 heavy (non-hydrogen) atoms. The minimum absolute atomic E-state index is 0.0278. The smallest absolute Gasteiger partial charge is 0.377 e. The van der Waals surface area contributed by atoms with E-state index in [9.17, 15) is 9.59 Å². The number of Topliss-reactive ketones (excluding diaryl/α,β-unsaturated/α-hetero) is 1. The molecule has 2 rings (SSSR count). The fourth-order valence-corrected chi connectivity index (χ4v) is 1.57. The highest BCUT2D eigenvalue weighted by Crippen LogP contribution is 2.33. The van der Waals surface area contributed by atoms with Crippen molar-refractivity contribution in [2.75, 3.05) is 13.7 Å². The molecule has 0 atom stereocenters. The first kappa shape index (κ1) is 12.2.